The normalized spacial score (nSPS) is 12.1. The summed E-state index contributed by atoms with van der Waals surface area (Å²) in [4.78, 5) is 4.37. The van der Waals surface area contributed by atoms with Crippen molar-refractivity contribution in [1.29, 1.82) is 0 Å². The topological polar surface area (TPSA) is 24.9 Å². The predicted molar refractivity (Wildman–Crippen MR) is 66.4 cm³/mol. The van der Waals surface area contributed by atoms with Gasteiger partial charge in [-0.3, -0.25) is 4.98 Å². The fourth-order valence-corrected chi connectivity index (χ4v) is 2.00. The monoisotopic (exact) mass is 266 g/mol. The maximum Gasteiger partial charge on any atom is 0.0715 e. The van der Waals surface area contributed by atoms with Gasteiger partial charge < -0.3 is 5.32 Å². The van der Waals surface area contributed by atoms with Crippen LogP contribution in [0.5, 0.6) is 0 Å². The van der Waals surface area contributed by atoms with Crippen molar-refractivity contribution in [2.45, 2.75) is 25.8 Å². The van der Waals surface area contributed by atoms with E-state index >= 15 is 0 Å². The van der Waals surface area contributed by atoms with Crippen LogP contribution in [0.25, 0.3) is 0 Å². The third kappa shape index (κ3) is 3.65. The zero-order valence-electron chi connectivity index (χ0n) is 8.83. The van der Waals surface area contributed by atoms with Crippen molar-refractivity contribution in [1.82, 2.24) is 10.3 Å². The molecule has 3 heteroatoms. The molecule has 0 aliphatic carbocycles. The predicted octanol–water partition coefficient (Wildman–Crippen LogP) is 2.91. The first-order valence-electron chi connectivity index (χ1n) is 5.06. The second-order valence-electron chi connectivity index (χ2n) is 3.22. The molecule has 80 valence electrons. The summed E-state index contributed by atoms with van der Waals surface area (Å²) >= 11 is 3.50. The van der Waals surface area contributed by atoms with E-state index in [-0.39, 0.29) is 6.04 Å². The Morgan fingerprint density at radius 1 is 1.67 bits per heavy atom. The third-order valence-corrected chi connectivity index (χ3v) is 2.82. The van der Waals surface area contributed by atoms with E-state index in [9.17, 15) is 0 Å². The van der Waals surface area contributed by atoms with Gasteiger partial charge >= 0.3 is 0 Å². The number of nitrogens with one attached hydrogen (secondary N) is 1. The molecule has 0 spiro atoms. The molecule has 1 aromatic heterocycles. The molecule has 0 aromatic carbocycles. The summed E-state index contributed by atoms with van der Waals surface area (Å²) in [6.07, 6.45) is 8.77. The second-order valence-corrected chi connectivity index (χ2v) is 4.08. The van der Waals surface area contributed by atoms with E-state index in [1.165, 1.54) is 0 Å². The van der Waals surface area contributed by atoms with Gasteiger partial charge in [0.25, 0.3) is 0 Å². The summed E-state index contributed by atoms with van der Waals surface area (Å²) in [6.45, 7) is 3.00. The summed E-state index contributed by atoms with van der Waals surface area (Å²) in [5.41, 5.74) is 1.04. The van der Waals surface area contributed by atoms with Gasteiger partial charge in [-0.2, -0.15) is 0 Å². The van der Waals surface area contributed by atoms with Crippen LogP contribution in [0.3, 0.4) is 0 Å². The third-order valence-electron chi connectivity index (χ3n) is 2.14. The minimum Gasteiger partial charge on any atom is -0.309 e. The van der Waals surface area contributed by atoms with Gasteiger partial charge in [0, 0.05) is 17.1 Å². The molecule has 0 aliphatic rings. The maximum absolute atomic E-state index is 5.28. The molecule has 1 N–H and O–H groups in total. The van der Waals surface area contributed by atoms with E-state index in [2.05, 4.69) is 39.1 Å². The van der Waals surface area contributed by atoms with Crippen LogP contribution in [-0.4, -0.2) is 11.5 Å². The number of halogens is 1. The Kier molecular flexibility index (Phi) is 5.38. The molecule has 15 heavy (non-hydrogen) atoms. The molecule has 0 bridgehead atoms. The van der Waals surface area contributed by atoms with Gasteiger partial charge in [0.15, 0.2) is 0 Å². The minimum absolute atomic E-state index is 0.238. The van der Waals surface area contributed by atoms with Crippen LogP contribution >= 0.6 is 15.9 Å². The maximum atomic E-state index is 5.28. The molecular formula is C12H15BrN2. The Hall–Kier alpha value is -0.850. The van der Waals surface area contributed by atoms with E-state index < -0.39 is 0 Å². The number of hydrogen-bond acceptors (Lipinski definition) is 2. The van der Waals surface area contributed by atoms with E-state index in [0.717, 1.165) is 29.6 Å². The van der Waals surface area contributed by atoms with Crippen LogP contribution in [0.15, 0.2) is 22.8 Å². The molecule has 1 atom stereocenters. The van der Waals surface area contributed by atoms with Crippen molar-refractivity contribution in [3.63, 3.8) is 0 Å². The Morgan fingerprint density at radius 2 is 2.47 bits per heavy atom. The quantitative estimate of drug-likeness (QED) is 0.830. The molecule has 0 amide bonds. The van der Waals surface area contributed by atoms with Crippen molar-refractivity contribution in [2.24, 2.45) is 0 Å². The molecule has 0 saturated heterocycles. The average Bonchev–Trinajstić information content (AvgIpc) is 2.25. The molecule has 0 fully saturated rings. The van der Waals surface area contributed by atoms with E-state index in [1.807, 2.05) is 12.1 Å². The molecule has 0 saturated carbocycles. The lowest BCUT2D eigenvalue weighted by atomic mass is 10.1. The van der Waals surface area contributed by atoms with Crippen LogP contribution in [0.2, 0.25) is 0 Å². The van der Waals surface area contributed by atoms with Crippen LogP contribution < -0.4 is 5.32 Å². The van der Waals surface area contributed by atoms with Gasteiger partial charge in [0.2, 0.25) is 0 Å². The highest BCUT2D eigenvalue weighted by atomic mass is 79.9. The highest BCUT2D eigenvalue weighted by molar-refractivity contribution is 9.10. The number of rotatable bonds is 5. The second kappa shape index (κ2) is 6.60. The van der Waals surface area contributed by atoms with Gasteiger partial charge in [0.05, 0.1) is 11.7 Å². The summed E-state index contributed by atoms with van der Waals surface area (Å²) < 4.78 is 1.04. The van der Waals surface area contributed by atoms with Gasteiger partial charge in [0.1, 0.15) is 0 Å². The lowest BCUT2D eigenvalue weighted by molar-refractivity contribution is 0.509. The molecule has 1 aromatic rings. The van der Waals surface area contributed by atoms with Crippen LogP contribution in [0, 0.1) is 12.3 Å². The fraction of sp³-hybridized carbons (Fsp3) is 0.417. The molecule has 0 aliphatic heterocycles. The van der Waals surface area contributed by atoms with Gasteiger partial charge in [-0.05, 0) is 41.0 Å². The average molecular weight is 267 g/mol. The van der Waals surface area contributed by atoms with Crippen molar-refractivity contribution in [3.05, 3.63) is 28.5 Å². The van der Waals surface area contributed by atoms with Gasteiger partial charge in [-0.25, -0.2) is 0 Å². The summed E-state index contributed by atoms with van der Waals surface area (Å²) in [7, 11) is 0. The number of aromatic nitrogens is 1. The molecule has 1 heterocycles. The smallest absolute Gasteiger partial charge is 0.0715 e. The van der Waals surface area contributed by atoms with E-state index in [1.54, 1.807) is 6.20 Å². The SMILES string of the molecule is C#CCCC(NCC)c1ncccc1Br. The largest absolute Gasteiger partial charge is 0.309 e. The molecular weight excluding hydrogens is 252 g/mol. The molecule has 0 radical (unpaired) electrons. The Labute approximate surface area is 99.6 Å². The number of pyridine rings is 1. The lowest BCUT2D eigenvalue weighted by Gasteiger charge is -2.17. The minimum atomic E-state index is 0.238. The van der Waals surface area contributed by atoms with Gasteiger partial charge in [-0.15, -0.1) is 12.3 Å². The van der Waals surface area contributed by atoms with Crippen LogP contribution in [-0.2, 0) is 0 Å². The molecule has 1 unspecified atom stereocenters. The Bertz CT molecular complexity index is 344. The van der Waals surface area contributed by atoms with E-state index in [0.29, 0.717) is 0 Å². The first-order chi connectivity index (χ1) is 7.29. The first-order valence-corrected chi connectivity index (χ1v) is 5.86. The highest BCUT2D eigenvalue weighted by Crippen LogP contribution is 2.23. The lowest BCUT2D eigenvalue weighted by Crippen LogP contribution is -2.22. The van der Waals surface area contributed by atoms with E-state index in [4.69, 9.17) is 6.42 Å². The van der Waals surface area contributed by atoms with Crippen LogP contribution in [0.4, 0.5) is 0 Å². The Morgan fingerprint density at radius 3 is 3.07 bits per heavy atom. The number of nitrogens with zero attached hydrogens (tertiary/aromatic N) is 1. The first kappa shape index (κ1) is 12.2. The fourth-order valence-electron chi connectivity index (χ4n) is 1.46. The highest BCUT2D eigenvalue weighted by Gasteiger charge is 2.13. The summed E-state index contributed by atoms with van der Waals surface area (Å²) in [5.74, 6) is 2.66. The molecule has 2 nitrogen and oxygen atoms in total. The van der Waals surface area contributed by atoms with Crippen molar-refractivity contribution in [2.75, 3.05) is 6.54 Å². The van der Waals surface area contributed by atoms with Gasteiger partial charge in [-0.1, -0.05) is 6.92 Å². The zero-order chi connectivity index (χ0) is 11.1. The number of terminal acetylenes is 1. The van der Waals surface area contributed by atoms with Crippen molar-refractivity contribution < 1.29 is 0 Å². The Balaban J connectivity index is 2.79. The van der Waals surface area contributed by atoms with Crippen molar-refractivity contribution >= 4 is 15.9 Å². The standard InChI is InChI=1S/C12H15BrN2/c1-3-5-8-11(14-4-2)12-10(13)7-6-9-15-12/h1,6-7,9,11,14H,4-5,8H2,2H3. The number of hydrogen-bond donors (Lipinski definition) is 1. The van der Waals surface area contributed by atoms with Crippen molar-refractivity contribution in [3.8, 4) is 12.3 Å². The molecule has 1 rings (SSSR count). The zero-order valence-corrected chi connectivity index (χ0v) is 10.4. The van der Waals surface area contributed by atoms with Crippen LogP contribution in [0.1, 0.15) is 31.5 Å². The summed E-state index contributed by atoms with van der Waals surface area (Å²) in [5, 5.41) is 3.39. The summed E-state index contributed by atoms with van der Waals surface area (Å²) in [6, 6.07) is 4.15.